The number of aliphatic hydroxyl groups is 1. The number of H-pyrrole nitrogens is 1. The fraction of sp³-hybridized carbons (Fsp3) is 0.111. The van der Waals surface area contributed by atoms with Gasteiger partial charge in [0.25, 0.3) is 11.5 Å². The Morgan fingerprint density at radius 1 is 1.15 bits per heavy atom. The number of aliphatic hydroxyl groups excluding tert-OH is 1. The van der Waals surface area contributed by atoms with E-state index in [1.165, 1.54) is 59.4 Å². The second-order valence-electron chi connectivity index (χ2n) is 8.76. The molecule has 0 bridgehead atoms. The molecule has 0 saturated carbocycles. The molecular weight excluding hydrogens is 590 g/mol. The number of amides is 1. The molecule has 2 aromatic carbocycles. The maximum atomic E-state index is 15.1. The Morgan fingerprint density at radius 2 is 1.93 bits per heavy atom. The van der Waals surface area contributed by atoms with Crippen molar-refractivity contribution in [3.63, 3.8) is 0 Å². The maximum absolute atomic E-state index is 15.1. The van der Waals surface area contributed by atoms with E-state index in [-0.39, 0.29) is 35.4 Å². The van der Waals surface area contributed by atoms with Gasteiger partial charge in [0.05, 0.1) is 6.61 Å². The van der Waals surface area contributed by atoms with Crippen molar-refractivity contribution in [1.82, 2.24) is 19.7 Å². The van der Waals surface area contributed by atoms with Crippen LogP contribution in [0.2, 0.25) is 0 Å². The van der Waals surface area contributed by atoms with Gasteiger partial charge in [-0.25, -0.2) is 13.8 Å². The zero-order valence-corrected chi connectivity index (χ0v) is 22.4. The number of nitrogens with one attached hydrogen (secondary N) is 3. The average Bonchev–Trinajstić information content (AvgIpc) is 3.35. The molecule has 4 N–H and O–H groups in total. The highest BCUT2D eigenvalue weighted by molar-refractivity contribution is 9.10. The predicted octanol–water partition coefficient (Wildman–Crippen LogP) is 4.99. The number of carbonyl (C=O) groups is 1. The van der Waals surface area contributed by atoms with Crippen LogP contribution in [0.1, 0.15) is 17.3 Å². The zero-order valence-electron chi connectivity index (χ0n) is 20.8. The van der Waals surface area contributed by atoms with Crippen LogP contribution in [0.3, 0.4) is 0 Å². The Labute approximate surface area is 233 Å². The number of rotatable bonds is 8. The third-order valence-corrected chi connectivity index (χ3v) is 6.26. The first kappa shape index (κ1) is 27.0. The normalized spacial score (nSPS) is 11.8. The van der Waals surface area contributed by atoms with Gasteiger partial charge in [-0.1, -0.05) is 0 Å². The fourth-order valence-corrected chi connectivity index (χ4v) is 4.31. The summed E-state index contributed by atoms with van der Waals surface area (Å²) in [6.45, 7) is 1.63. The summed E-state index contributed by atoms with van der Waals surface area (Å²) >= 11 is 3.28. The van der Waals surface area contributed by atoms with Crippen LogP contribution in [-0.4, -0.2) is 43.4 Å². The quantitative estimate of drug-likeness (QED) is 0.194. The standard InChI is InChI=1S/C27H21BrF2N6O4/c1-14(13-37)32-25-23-22(8-9-31-24(23)34-35-25)40-21-7-4-17(11-20(21)30)33-26(38)19-10-15(28)12-36(27(19)39)18-5-2-16(29)3-6-18/h2-12,14,37H,13H2,1H3,(H,33,38)(H2,31,32,34,35). The fourth-order valence-electron chi connectivity index (χ4n) is 3.87. The number of carbonyl (C=O) groups excluding carboxylic acids is 1. The second-order valence-corrected chi connectivity index (χ2v) is 9.67. The maximum Gasteiger partial charge on any atom is 0.268 e. The highest BCUT2D eigenvalue weighted by Gasteiger charge is 2.18. The highest BCUT2D eigenvalue weighted by atomic mass is 79.9. The molecule has 40 heavy (non-hydrogen) atoms. The Bertz CT molecular complexity index is 1770. The van der Waals surface area contributed by atoms with Gasteiger partial charge >= 0.3 is 0 Å². The van der Waals surface area contributed by atoms with Crippen molar-refractivity contribution in [2.45, 2.75) is 13.0 Å². The van der Waals surface area contributed by atoms with E-state index in [1.807, 2.05) is 0 Å². The van der Waals surface area contributed by atoms with Gasteiger partial charge in [-0.15, -0.1) is 0 Å². The lowest BCUT2D eigenvalue weighted by Gasteiger charge is -2.13. The van der Waals surface area contributed by atoms with E-state index in [2.05, 4.69) is 41.7 Å². The molecule has 5 aromatic rings. The molecule has 1 amide bonds. The van der Waals surface area contributed by atoms with Crippen molar-refractivity contribution in [2.24, 2.45) is 0 Å². The van der Waals surface area contributed by atoms with Crippen molar-refractivity contribution < 1.29 is 23.4 Å². The smallest absolute Gasteiger partial charge is 0.268 e. The van der Waals surface area contributed by atoms with Crippen molar-refractivity contribution >= 4 is 44.4 Å². The van der Waals surface area contributed by atoms with Crippen LogP contribution in [0, 0.1) is 11.6 Å². The number of ether oxygens (including phenoxy) is 1. The molecule has 0 aliphatic carbocycles. The molecule has 0 aliphatic rings. The third-order valence-electron chi connectivity index (χ3n) is 5.82. The van der Waals surface area contributed by atoms with E-state index >= 15 is 4.39 Å². The van der Waals surface area contributed by atoms with Gasteiger partial charge in [-0.05, 0) is 65.3 Å². The highest BCUT2D eigenvalue weighted by Crippen LogP contribution is 2.34. The molecule has 10 nitrogen and oxygen atoms in total. The minimum Gasteiger partial charge on any atom is -0.453 e. The van der Waals surface area contributed by atoms with Gasteiger partial charge in [0, 0.05) is 46.4 Å². The Kier molecular flexibility index (Phi) is 7.58. The van der Waals surface area contributed by atoms with Crippen LogP contribution in [0.4, 0.5) is 20.3 Å². The van der Waals surface area contributed by atoms with Gasteiger partial charge in [0.2, 0.25) is 0 Å². The molecule has 204 valence electrons. The first-order valence-corrected chi connectivity index (χ1v) is 12.7. The number of aromatic nitrogens is 4. The number of hydrogen-bond acceptors (Lipinski definition) is 7. The summed E-state index contributed by atoms with van der Waals surface area (Å²) in [6.07, 6.45) is 2.93. The second kappa shape index (κ2) is 11.2. The summed E-state index contributed by atoms with van der Waals surface area (Å²) in [4.78, 5) is 30.2. The molecule has 1 unspecified atom stereocenters. The van der Waals surface area contributed by atoms with Crippen molar-refractivity contribution in [2.75, 3.05) is 17.2 Å². The molecule has 13 heteroatoms. The lowest BCUT2D eigenvalue weighted by Crippen LogP contribution is -2.28. The van der Waals surface area contributed by atoms with Crippen molar-refractivity contribution in [1.29, 1.82) is 0 Å². The Balaban J connectivity index is 1.38. The predicted molar refractivity (Wildman–Crippen MR) is 148 cm³/mol. The average molecular weight is 611 g/mol. The minimum atomic E-state index is -0.776. The van der Waals surface area contributed by atoms with E-state index in [0.717, 1.165) is 6.07 Å². The number of anilines is 2. The number of halogens is 3. The molecule has 0 spiro atoms. The van der Waals surface area contributed by atoms with Crippen LogP contribution in [-0.2, 0) is 0 Å². The van der Waals surface area contributed by atoms with Crippen LogP contribution in [0.25, 0.3) is 16.7 Å². The first-order chi connectivity index (χ1) is 19.2. The van der Waals surface area contributed by atoms with Gasteiger partial charge in [-0.2, -0.15) is 5.10 Å². The Hall–Kier alpha value is -4.62. The van der Waals surface area contributed by atoms with Crippen molar-refractivity contribution in [3.05, 3.63) is 99.0 Å². The number of nitrogens with zero attached hydrogens (tertiary/aromatic N) is 3. The number of fused-ring (bicyclic) bond motifs is 1. The van der Waals surface area contributed by atoms with E-state index in [9.17, 15) is 19.1 Å². The molecule has 5 rings (SSSR count). The van der Waals surface area contributed by atoms with Crippen LogP contribution in [0.5, 0.6) is 11.5 Å². The van der Waals surface area contributed by atoms with E-state index in [0.29, 0.717) is 27.0 Å². The minimum absolute atomic E-state index is 0.0878. The first-order valence-electron chi connectivity index (χ1n) is 11.9. The number of aromatic amines is 1. The van der Waals surface area contributed by atoms with Gasteiger partial charge in [-0.3, -0.25) is 19.3 Å². The monoisotopic (exact) mass is 610 g/mol. The summed E-state index contributed by atoms with van der Waals surface area (Å²) in [6, 6.07) is 11.6. The summed E-state index contributed by atoms with van der Waals surface area (Å²) in [5.41, 5.74) is -0.00822. The van der Waals surface area contributed by atoms with Gasteiger partial charge < -0.3 is 20.5 Å². The molecular formula is C27H21BrF2N6O4. The SMILES string of the molecule is CC(CO)Nc1n[nH]c2nccc(Oc3ccc(NC(=O)c4cc(Br)cn(-c5ccc(F)cc5)c4=O)cc3F)c12. The van der Waals surface area contributed by atoms with E-state index in [1.54, 1.807) is 13.0 Å². The molecule has 0 radical (unpaired) electrons. The summed E-state index contributed by atoms with van der Waals surface area (Å²) in [7, 11) is 0. The summed E-state index contributed by atoms with van der Waals surface area (Å²) in [5.74, 6) is -1.50. The van der Waals surface area contributed by atoms with Crippen LogP contribution >= 0.6 is 15.9 Å². The largest absolute Gasteiger partial charge is 0.453 e. The summed E-state index contributed by atoms with van der Waals surface area (Å²) < 4.78 is 35.8. The molecule has 1 atom stereocenters. The topological polar surface area (TPSA) is 134 Å². The van der Waals surface area contributed by atoms with E-state index in [4.69, 9.17) is 4.74 Å². The van der Waals surface area contributed by atoms with Crippen LogP contribution < -0.4 is 20.9 Å². The summed E-state index contributed by atoms with van der Waals surface area (Å²) in [5, 5.41) is 22.3. The Morgan fingerprint density at radius 3 is 2.65 bits per heavy atom. The molecule has 3 aromatic heterocycles. The molecule has 0 aliphatic heterocycles. The lowest BCUT2D eigenvalue weighted by atomic mass is 10.2. The van der Waals surface area contributed by atoms with Gasteiger partial charge in [0.1, 0.15) is 22.5 Å². The molecule has 0 saturated heterocycles. The molecule has 0 fully saturated rings. The van der Waals surface area contributed by atoms with Crippen molar-refractivity contribution in [3.8, 4) is 17.2 Å². The zero-order chi connectivity index (χ0) is 28.4. The van der Waals surface area contributed by atoms with Crippen LogP contribution in [0.15, 0.2) is 76.3 Å². The number of benzene rings is 2. The molecule has 3 heterocycles. The number of pyridine rings is 2. The number of hydrogen-bond donors (Lipinski definition) is 4. The lowest BCUT2D eigenvalue weighted by molar-refractivity contribution is 0.102. The van der Waals surface area contributed by atoms with E-state index < -0.39 is 23.1 Å². The van der Waals surface area contributed by atoms with Gasteiger partial charge in [0.15, 0.2) is 23.0 Å². The third kappa shape index (κ3) is 5.55.